The van der Waals surface area contributed by atoms with Crippen LogP contribution in [0.15, 0.2) is 24.4 Å². The molecule has 0 radical (unpaired) electrons. The minimum Gasteiger partial charge on any atom is -0.361 e. The molecule has 4 heteroatoms. The Morgan fingerprint density at radius 3 is 2.73 bits per heavy atom. The highest BCUT2D eigenvalue weighted by Gasteiger charge is 2.03. The Balaban J connectivity index is 0.000000980. The van der Waals surface area contributed by atoms with Crippen molar-refractivity contribution in [1.82, 2.24) is 4.98 Å². The van der Waals surface area contributed by atoms with Crippen LogP contribution in [0.2, 0.25) is 0 Å². The van der Waals surface area contributed by atoms with Gasteiger partial charge in [0.05, 0.1) is 0 Å². The molecule has 15 heavy (non-hydrogen) atoms. The lowest BCUT2D eigenvalue weighted by Gasteiger charge is -1.95. The second-order valence-corrected chi connectivity index (χ2v) is 3.04. The van der Waals surface area contributed by atoms with E-state index in [1.54, 1.807) is 6.07 Å². The summed E-state index contributed by atoms with van der Waals surface area (Å²) in [6.45, 7) is 0.587. The predicted octanol–water partition coefficient (Wildman–Crippen LogP) is 2.87. The average molecular weight is 231 g/mol. The molecule has 0 atom stereocenters. The van der Waals surface area contributed by atoms with E-state index in [-0.39, 0.29) is 25.7 Å². The lowest BCUT2D eigenvalue weighted by molar-refractivity contribution is 0.629. The zero-order valence-corrected chi connectivity index (χ0v) is 8.40. The zero-order chi connectivity index (χ0) is 9.26. The molecule has 0 aliphatic heterocycles. The van der Waals surface area contributed by atoms with Crippen molar-refractivity contribution in [3.05, 3.63) is 35.8 Å². The molecule has 0 bridgehead atoms. The van der Waals surface area contributed by atoms with Gasteiger partial charge in [-0.05, 0) is 36.7 Å². The molecule has 2 aromatic rings. The number of benzene rings is 1. The molecule has 1 aromatic heterocycles. The molecule has 2 nitrogen and oxygen atoms in total. The van der Waals surface area contributed by atoms with E-state index in [2.05, 4.69) is 4.98 Å². The summed E-state index contributed by atoms with van der Waals surface area (Å²) in [6, 6.07) is 4.73. The fourth-order valence-corrected chi connectivity index (χ4v) is 1.51. The van der Waals surface area contributed by atoms with Gasteiger partial charge >= 0.3 is 0 Å². The predicted molar refractivity (Wildman–Crippen MR) is 65.0 cm³/mol. The van der Waals surface area contributed by atoms with E-state index in [0.29, 0.717) is 6.54 Å². The summed E-state index contributed by atoms with van der Waals surface area (Å²) in [5, 5.41) is 0.936. The number of fused-ring (bicyclic) bond motifs is 1. The molecule has 0 fully saturated rings. The second-order valence-electron chi connectivity index (χ2n) is 3.04. The molecule has 0 spiro atoms. The summed E-state index contributed by atoms with van der Waals surface area (Å²) in [7, 11) is 0. The molecule has 84 valence electrons. The molecule has 0 saturated carbocycles. The van der Waals surface area contributed by atoms with E-state index >= 15 is 0 Å². The lowest BCUT2D eigenvalue weighted by Crippen LogP contribution is -2.01. The molecule has 0 aliphatic rings. The topological polar surface area (TPSA) is 41.8 Å². The number of hydrogen-bond acceptors (Lipinski definition) is 1. The number of nitrogens with two attached hydrogens (primary N) is 1. The highest BCUT2D eigenvalue weighted by Crippen LogP contribution is 2.19. The van der Waals surface area contributed by atoms with E-state index in [0.717, 1.165) is 22.9 Å². The van der Waals surface area contributed by atoms with Crippen LogP contribution in [-0.4, -0.2) is 11.5 Å². The normalized spacial score (nSPS) is 9.47. The Morgan fingerprint density at radius 1 is 1.33 bits per heavy atom. The molecule has 0 unspecified atom stereocenters. The maximum Gasteiger partial charge on any atom is 0.123 e. The van der Waals surface area contributed by atoms with Gasteiger partial charge in [-0.25, -0.2) is 4.39 Å². The maximum absolute atomic E-state index is 12.9. The van der Waals surface area contributed by atoms with Gasteiger partial charge in [0.25, 0.3) is 0 Å². The van der Waals surface area contributed by atoms with Gasteiger partial charge < -0.3 is 10.7 Å². The number of aromatic amines is 1. The summed E-state index contributed by atoms with van der Waals surface area (Å²) in [4.78, 5) is 3.08. The fourth-order valence-electron chi connectivity index (χ4n) is 1.51. The van der Waals surface area contributed by atoms with Crippen molar-refractivity contribution < 1.29 is 4.39 Å². The Kier molecular flexibility index (Phi) is 5.33. The Morgan fingerprint density at radius 2 is 2.07 bits per heavy atom. The Hall–Kier alpha value is -1.06. The molecular formula is C11H16ClFN2. The third-order valence-corrected chi connectivity index (χ3v) is 2.14. The quantitative estimate of drug-likeness (QED) is 0.819. The van der Waals surface area contributed by atoms with Crippen LogP contribution in [0.1, 0.15) is 13.0 Å². The first-order chi connectivity index (χ1) is 6.31. The molecule has 1 aromatic carbocycles. The Bertz CT molecular complexity index is 425. The smallest absolute Gasteiger partial charge is 0.123 e. The Labute approximate surface area is 95.1 Å². The second kappa shape index (κ2) is 5.73. The minimum atomic E-state index is -0.203. The third-order valence-electron chi connectivity index (χ3n) is 2.14. The maximum atomic E-state index is 12.9. The van der Waals surface area contributed by atoms with E-state index < -0.39 is 0 Å². The van der Waals surface area contributed by atoms with Crippen molar-refractivity contribution in [2.75, 3.05) is 6.54 Å². The number of nitrogens with one attached hydrogen (secondary N) is 1. The van der Waals surface area contributed by atoms with Crippen LogP contribution in [0.4, 0.5) is 4.39 Å². The standard InChI is InChI=1S/C10H11FN2.CH4.ClH/c11-8-1-2-10-9(5-8)7(3-4-12)6-13-10;;/h1-2,5-6,13H,3-4,12H2;1H4;1H. The minimum absolute atomic E-state index is 0. The number of hydrogen-bond donors (Lipinski definition) is 2. The lowest BCUT2D eigenvalue weighted by atomic mass is 10.1. The van der Waals surface area contributed by atoms with Gasteiger partial charge in [-0.3, -0.25) is 0 Å². The number of H-pyrrole nitrogens is 1. The average Bonchev–Trinajstić information content (AvgIpc) is 2.49. The summed E-state index contributed by atoms with van der Waals surface area (Å²) in [6.07, 6.45) is 2.67. The van der Waals surface area contributed by atoms with Crippen LogP contribution in [0.25, 0.3) is 10.9 Å². The number of halogens is 2. The SMILES string of the molecule is C.Cl.NCCc1c[nH]c2ccc(F)cc12. The first kappa shape index (κ1) is 13.9. The third kappa shape index (κ3) is 2.70. The van der Waals surface area contributed by atoms with E-state index in [9.17, 15) is 4.39 Å². The largest absolute Gasteiger partial charge is 0.361 e. The van der Waals surface area contributed by atoms with Crippen LogP contribution in [0.3, 0.4) is 0 Å². The van der Waals surface area contributed by atoms with Crippen LogP contribution < -0.4 is 5.73 Å². The summed E-state index contributed by atoms with van der Waals surface area (Å²) < 4.78 is 12.9. The van der Waals surface area contributed by atoms with Gasteiger partial charge in [-0.15, -0.1) is 12.4 Å². The molecule has 0 amide bonds. The van der Waals surface area contributed by atoms with Gasteiger partial charge in [0.1, 0.15) is 5.82 Å². The van der Waals surface area contributed by atoms with E-state index in [1.165, 1.54) is 12.1 Å². The van der Waals surface area contributed by atoms with Crippen molar-refractivity contribution in [2.45, 2.75) is 13.8 Å². The summed E-state index contributed by atoms with van der Waals surface area (Å²) in [5.74, 6) is -0.203. The van der Waals surface area contributed by atoms with Gasteiger partial charge in [0.15, 0.2) is 0 Å². The fraction of sp³-hybridized carbons (Fsp3) is 0.273. The molecule has 3 N–H and O–H groups in total. The van der Waals surface area contributed by atoms with Crippen LogP contribution in [0, 0.1) is 5.82 Å². The van der Waals surface area contributed by atoms with Crippen molar-refractivity contribution in [1.29, 1.82) is 0 Å². The molecular weight excluding hydrogens is 215 g/mol. The number of aromatic nitrogens is 1. The van der Waals surface area contributed by atoms with Crippen molar-refractivity contribution in [3.8, 4) is 0 Å². The number of rotatable bonds is 2. The van der Waals surface area contributed by atoms with Gasteiger partial charge in [0.2, 0.25) is 0 Å². The first-order valence-corrected chi connectivity index (χ1v) is 4.27. The van der Waals surface area contributed by atoms with Crippen molar-refractivity contribution >= 4 is 23.3 Å². The van der Waals surface area contributed by atoms with E-state index in [1.807, 2.05) is 6.20 Å². The summed E-state index contributed by atoms with van der Waals surface area (Å²) >= 11 is 0. The monoisotopic (exact) mass is 230 g/mol. The van der Waals surface area contributed by atoms with Crippen LogP contribution in [-0.2, 0) is 6.42 Å². The highest BCUT2D eigenvalue weighted by atomic mass is 35.5. The molecule has 0 aliphatic carbocycles. The van der Waals surface area contributed by atoms with Crippen LogP contribution in [0.5, 0.6) is 0 Å². The molecule has 1 heterocycles. The van der Waals surface area contributed by atoms with Crippen molar-refractivity contribution in [3.63, 3.8) is 0 Å². The van der Waals surface area contributed by atoms with Gasteiger partial charge in [0, 0.05) is 17.1 Å². The molecule has 2 rings (SSSR count). The first-order valence-electron chi connectivity index (χ1n) is 4.27. The highest BCUT2D eigenvalue weighted by molar-refractivity contribution is 5.85. The molecule has 0 saturated heterocycles. The van der Waals surface area contributed by atoms with Gasteiger partial charge in [-0.1, -0.05) is 7.43 Å². The summed E-state index contributed by atoms with van der Waals surface area (Å²) in [5.41, 5.74) is 7.48. The van der Waals surface area contributed by atoms with Crippen molar-refractivity contribution in [2.24, 2.45) is 5.73 Å². The van der Waals surface area contributed by atoms with Crippen LogP contribution >= 0.6 is 12.4 Å². The van der Waals surface area contributed by atoms with E-state index in [4.69, 9.17) is 5.73 Å². The van der Waals surface area contributed by atoms with Gasteiger partial charge in [-0.2, -0.15) is 0 Å². The zero-order valence-electron chi connectivity index (χ0n) is 7.59.